The average Bonchev–Trinajstić information content (AvgIpc) is 3.29. The van der Waals surface area contributed by atoms with Crippen LogP contribution in [0, 0.1) is 0 Å². The second-order valence-corrected chi connectivity index (χ2v) is 7.66. The van der Waals surface area contributed by atoms with Crippen LogP contribution in [-0.4, -0.2) is 42.4 Å². The third-order valence-corrected chi connectivity index (χ3v) is 5.62. The minimum atomic E-state index is -1.32. The number of rotatable bonds is 7. The van der Waals surface area contributed by atoms with Crippen molar-refractivity contribution in [1.82, 2.24) is 4.90 Å². The van der Waals surface area contributed by atoms with E-state index in [1.54, 1.807) is 42.5 Å². The SMILES string of the molecule is COc1ccc(C2O[C@@H](C(=O)O)[C@H](c3ccccc3)N2C(=O)OCc2ccccc2)c(OC)c1.[H-].[K+]. The molecule has 35 heavy (non-hydrogen) atoms. The summed E-state index contributed by atoms with van der Waals surface area (Å²) in [7, 11) is 3.01. The molecule has 0 saturated carbocycles. The van der Waals surface area contributed by atoms with Crippen molar-refractivity contribution in [2.45, 2.75) is 25.0 Å². The summed E-state index contributed by atoms with van der Waals surface area (Å²) in [4.78, 5) is 27.0. The van der Waals surface area contributed by atoms with E-state index in [2.05, 4.69) is 0 Å². The van der Waals surface area contributed by atoms with E-state index < -0.39 is 30.4 Å². The Hall–Kier alpha value is -2.40. The topological polar surface area (TPSA) is 94.5 Å². The standard InChI is InChI=1S/C26H25NO7.K.H/c1-31-19-13-14-20(21(15-19)32-2)24-27(26(30)33-16-17-9-5-3-6-10-17)22(23(34-24)25(28)29)18-11-7-4-8-12-18;;/h3-15,22-24H,16H2,1-2H3,(H,28,29);;/q;+1;-1/t22-,23+,24?;;/m0../s1. The Kier molecular flexibility index (Phi) is 9.73. The maximum atomic E-state index is 13.4. The van der Waals surface area contributed by atoms with Crippen LogP contribution in [-0.2, 0) is 20.9 Å². The smallest absolute Gasteiger partial charge is 1.00 e. The molecule has 0 aliphatic carbocycles. The number of hydrogen-bond donors (Lipinski definition) is 1. The average molecular weight is 504 g/mol. The van der Waals surface area contributed by atoms with Gasteiger partial charge in [-0.15, -0.1) is 0 Å². The fourth-order valence-electron chi connectivity index (χ4n) is 4.00. The first-order valence-electron chi connectivity index (χ1n) is 10.7. The third-order valence-electron chi connectivity index (χ3n) is 5.62. The molecule has 0 radical (unpaired) electrons. The number of carbonyl (C=O) groups is 2. The van der Waals surface area contributed by atoms with Crippen molar-refractivity contribution in [3.8, 4) is 11.5 Å². The zero-order valence-corrected chi connectivity index (χ0v) is 22.9. The van der Waals surface area contributed by atoms with Crippen molar-refractivity contribution in [2.75, 3.05) is 14.2 Å². The third kappa shape index (κ3) is 6.06. The van der Waals surface area contributed by atoms with Crippen LogP contribution in [0.25, 0.3) is 0 Å². The van der Waals surface area contributed by atoms with Crippen molar-refractivity contribution in [1.29, 1.82) is 0 Å². The normalized spacial score (nSPS) is 18.9. The van der Waals surface area contributed by atoms with Gasteiger partial charge in [-0.05, 0) is 23.3 Å². The Labute approximate surface area is 247 Å². The Morgan fingerprint density at radius 3 is 2.23 bits per heavy atom. The van der Waals surface area contributed by atoms with Crippen LogP contribution in [0.4, 0.5) is 4.79 Å². The molecule has 178 valence electrons. The molecule has 1 unspecified atom stereocenters. The van der Waals surface area contributed by atoms with Gasteiger partial charge in [-0.2, -0.15) is 0 Å². The predicted octanol–water partition coefficient (Wildman–Crippen LogP) is 1.68. The van der Waals surface area contributed by atoms with Crippen molar-refractivity contribution >= 4 is 12.1 Å². The van der Waals surface area contributed by atoms with E-state index in [0.717, 1.165) is 5.56 Å². The van der Waals surface area contributed by atoms with E-state index in [1.807, 2.05) is 36.4 Å². The Morgan fingerprint density at radius 2 is 1.63 bits per heavy atom. The van der Waals surface area contributed by atoms with Gasteiger partial charge in [0.2, 0.25) is 0 Å². The predicted molar refractivity (Wildman–Crippen MR) is 124 cm³/mol. The molecule has 0 aromatic heterocycles. The first-order chi connectivity index (χ1) is 16.5. The van der Waals surface area contributed by atoms with Crippen LogP contribution in [0.2, 0.25) is 0 Å². The van der Waals surface area contributed by atoms with Gasteiger partial charge < -0.3 is 25.5 Å². The summed E-state index contributed by atoms with van der Waals surface area (Å²) in [5.74, 6) is -0.251. The van der Waals surface area contributed by atoms with Crippen molar-refractivity contribution in [3.05, 3.63) is 95.6 Å². The molecule has 1 heterocycles. The molecule has 1 fully saturated rings. The first kappa shape index (κ1) is 27.2. The maximum Gasteiger partial charge on any atom is 1.00 e. The maximum absolute atomic E-state index is 13.4. The van der Waals surface area contributed by atoms with E-state index >= 15 is 0 Å². The molecule has 0 spiro atoms. The van der Waals surface area contributed by atoms with Crippen molar-refractivity contribution in [2.24, 2.45) is 0 Å². The van der Waals surface area contributed by atoms with Crippen LogP contribution < -0.4 is 60.9 Å². The summed E-state index contributed by atoms with van der Waals surface area (Å²) in [6.07, 6.45) is -3.08. The molecule has 1 N–H and O–H groups in total. The fourth-order valence-corrected chi connectivity index (χ4v) is 4.00. The quantitative estimate of drug-likeness (QED) is 0.491. The number of carboxylic acid groups (broad SMARTS) is 1. The molecule has 3 aromatic carbocycles. The fraction of sp³-hybridized carbons (Fsp3) is 0.231. The summed E-state index contributed by atoms with van der Waals surface area (Å²) in [5, 5.41) is 9.97. The number of nitrogens with zero attached hydrogens (tertiary/aromatic N) is 1. The number of hydrogen-bond acceptors (Lipinski definition) is 6. The van der Waals surface area contributed by atoms with Gasteiger partial charge in [0.15, 0.2) is 12.3 Å². The molecule has 9 heteroatoms. The zero-order chi connectivity index (χ0) is 24.1. The number of benzene rings is 3. The van der Waals surface area contributed by atoms with Gasteiger partial charge in [0.05, 0.1) is 14.2 Å². The van der Waals surface area contributed by atoms with Crippen molar-refractivity contribution < 1.29 is 86.5 Å². The van der Waals surface area contributed by atoms with Gasteiger partial charge in [0, 0.05) is 11.6 Å². The summed E-state index contributed by atoms with van der Waals surface area (Å²) < 4.78 is 22.4. The van der Waals surface area contributed by atoms with Gasteiger partial charge in [0.1, 0.15) is 24.1 Å². The summed E-state index contributed by atoms with van der Waals surface area (Å²) in [6, 6.07) is 22.3. The first-order valence-corrected chi connectivity index (χ1v) is 10.7. The second-order valence-electron chi connectivity index (χ2n) is 7.66. The van der Waals surface area contributed by atoms with E-state index in [9.17, 15) is 14.7 Å². The largest absolute Gasteiger partial charge is 1.00 e. The van der Waals surface area contributed by atoms with Crippen molar-refractivity contribution in [3.63, 3.8) is 0 Å². The number of carboxylic acids is 1. The number of methoxy groups -OCH3 is 2. The Morgan fingerprint density at radius 1 is 0.971 bits per heavy atom. The van der Waals surface area contributed by atoms with Crippen LogP contribution in [0.3, 0.4) is 0 Å². The summed E-state index contributed by atoms with van der Waals surface area (Å²) in [5.41, 5.74) is 1.90. The zero-order valence-electron chi connectivity index (χ0n) is 20.8. The number of aliphatic carboxylic acids is 1. The van der Waals surface area contributed by atoms with E-state index in [0.29, 0.717) is 22.6 Å². The molecule has 1 amide bonds. The van der Waals surface area contributed by atoms with Gasteiger partial charge in [-0.3, -0.25) is 4.90 Å². The molecule has 1 saturated heterocycles. The van der Waals surface area contributed by atoms with Gasteiger partial charge in [0.25, 0.3) is 0 Å². The second kappa shape index (κ2) is 12.5. The molecular formula is C26H26KNO7. The van der Waals surface area contributed by atoms with Gasteiger partial charge in [-0.1, -0.05) is 60.7 Å². The van der Waals surface area contributed by atoms with Gasteiger partial charge in [-0.25, -0.2) is 9.59 Å². The Bertz CT molecular complexity index is 1150. The van der Waals surface area contributed by atoms with Crippen LogP contribution in [0.15, 0.2) is 78.9 Å². The van der Waals surface area contributed by atoms with Crippen LogP contribution in [0.5, 0.6) is 11.5 Å². The van der Waals surface area contributed by atoms with E-state index in [1.165, 1.54) is 19.1 Å². The number of ether oxygens (including phenoxy) is 4. The van der Waals surface area contributed by atoms with E-state index in [4.69, 9.17) is 18.9 Å². The molecule has 3 aromatic rings. The summed E-state index contributed by atoms with van der Waals surface area (Å²) in [6.45, 7) is 0.0297. The molecule has 1 aliphatic heterocycles. The number of carbonyl (C=O) groups excluding carboxylic acids is 1. The molecular weight excluding hydrogens is 477 g/mol. The Balaban J connectivity index is 0.00000228. The number of amides is 1. The molecule has 3 atom stereocenters. The molecule has 0 bridgehead atoms. The molecule has 8 nitrogen and oxygen atoms in total. The van der Waals surface area contributed by atoms with E-state index in [-0.39, 0.29) is 59.4 Å². The van der Waals surface area contributed by atoms with Gasteiger partial charge >= 0.3 is 63.4 Å². The molecule has 1 aliphatic rings. The van der Waals surface area contributed by atoms with Crippen LogP contribution >= 0.6 is 0 Å². The van der Waals surface area contributed by atoms with Crippen LogP contribution in [0.1, 0.15) is 30.4 Å². The monoisotopic (exact) mass is 503 g/mol. The summed E-state index contributed by atoms with van der Waals surface area (Å²) >= 11 is 0. The minimum absolute atomic E-state index is 0. The minimum Gasteiger partial charge on any atom is -1.00 e. The molecule has 4 rings (SSSR count).